The molecule has 1 atom stereocenters. The summed E-state index contributed by atoms with van der Waals surface area (Å²) in [7, 11) is 1.93. The van der Waals surface area contributed by atoms with Crippen LogP contribution >= 0.6 is 11.3 Å². The van der Waals surface area contributed by atoms with E-state index >= 15 is 0 Å². The molecular formula is C23H24N2OS. The molecule has 0 saturated carbocycles. The third-order valence-corrected chi connectivity index (χ3v) is 6.32. The smallest absolute Gasteiger partial charge is 0.228 e. The zero-order valence-corrected chi connectivity index (χ0v) is 16.6. The van der Waals surface area contributed by atoms with E-state index in [4.69, 9.17) is 4.98 Å². The summed E-state index contributed by atoms with van der Waals surface area (Å²) in [5.74, 6) is 0.137. The van der Waals surface area contributed by atoms with Crippen LogP contribution in [0.15, 0.2) is 53.9 Å². The fourth-order valence-electron chi connectivity index (χ4n) is 3.80. The Bertz CT molecular complexity index is 945. The largest absolute Gasteiger partial charge is 0.338 e. The molecule has 0 N–H and O–H groups in total. The molecule has 3 nitrogen and oxygen atoms in total. The minimum absolute atomic E-state index is 0.137. The normalized spacial score (nSPS) is 16.0. The predicted molar refractivity (Wildman–Crippen MR) is 111 cm³/mol. The summed E-state index contributed by atoms with van der Waals surface area (Å²) in [5.41, 5.74) is 5.89. The highest BCUT2D eigenvalue weighted by Crippen LogP contribution is 2.34. The van der Waals surface area contributed by atoms with Gasteiger partial charge in [-0.2, -0.15) is 0 Å². The molecule has 0 unspecified atom stereocenters. The van der Waals surface area contributed by atoms with Crippen LogP contribution in [0.1, 0.15) is 41.3 Å². The van der Waals surface area contributed by atoms with Gasteiger partial charge >= 0.3 is 0 Å². The van der Waals surface area contributed by atoms with E-state index in [2.05, 4.69) is 55.5 Å². The third-order valence-electron chi connectivity index (χ3n) is 5.38. The first kappa shape index (κ1) is 17.9. The number of hydrogen-bond acceptors (Lipinski definition) is 3. The Morgan fingerprint density at radius 1 is 1.19 bits per heavy atom. The molecule has 0 fully saturated rings. The standard InChI is InChI=1S/C23H24N2OS/c1-16-10-12-18(13-11-16)23-24-19(15-27-23)14-22(26)25(2)21-9-5-7-17-6-3-4-8-20(17)21/h3-4,6,8,10-13,15,21H,5,7,9,14H2,1-2H3/t21-/m0/s1. The highest BCUT2D eigenvalue weighted by molar-refractivity contribution is 7.13. The maximum atomic E-state index is 12.9. The maximum absolute atomic E-state index is 12.9. The van der Waals surface area contributed by atoms with Crippen LogP contribution in [0.2, 0.25) is 0 Å². The second-order valence-electron chi connectivity index (χ2n) is 7.30. The van der Waals surface area contributed by atoms with Crippen molar-refractivity contribution >= 4 is 17.2 Å². The van der Waals surface area contributed by atoms with E-state index < -0.39 is 0 Å². The zero-order valence-electron chi connectivity index (χ0n) is 15.8. The van der Waals surface area contributed by atoms with E-state index in [0.29, 0.717) is 6.42 Å². The van der Waals surface area contributed by atoms with Crippen molar-refractivity contribution in [3.8, 4) is 10.6 Å². The van der Waals surface area contributed by atoms with Crippen LogP contribution in [0, 0.1) is 6.92 Å². The summed E-state index contributed by atoms with van der Waals surface area (Å²) in [6.45, 7) is 2.08. The topological polar surface area (TPSA) is 33.2 Å². The lowest BCUT2D eigenvalue weighted by Crippen LogP contribution is -2.34. The second-order valence-corrected chi connectivity index (χ2v) is 8.16. The number of rotatable bonds is 4. The quantitative estimate of drug-likeness (QED) is 0.627. The summed E-state index contributed by atoms with van der Waals surface area (Å²) in [6, 6.07) is 17.1. The number of hydrogen-bond donors (Lipinski definition) is 0. The van der Waals surface area contributed by atoms with E-state index in [-0.39, 0.29) is 11.9 Å². The van der Waals surface area contributed by atoms with Gasteiger partial charge in [0.05, 0.1) is 18.2 Å². The van der Waals surface area contributed by atoms with Crippen LogP contribution < -0.4 is 0 Å². The average molecular weight is 377 g/mol. The first-order chi connectivity index (χ1) is 13.1. The number of thiazole rings is 1. The molecule has 2 aromatic carbocycles. The lowest BCUT2D eigenvalue weighted by atomic mass is 9.87. The molecule has 1 aliphatic rings. The Labute approximate surface area is 164 Å². The fraction of sp³-hybridized carbons (Fsp3) is 0.304. The SMILES string of the molecule is Cc1ccc(-c2nc(CC(=O)N(C)[C@H]3CCCc4ccccc43)cs2)cc1. The van der Waals surface area contributed by atoms with Crippen LogP contribution in [0.5, 0.6) is 0 Å². The third kappa shape index (κ3) is 3.81. The van der Waals surface area contributed by atoms with E-state index in [9.17, 15) is 4.79 Å². The number of carbonyl (C=O) groups is 1. The van der Waals surface area contributed by atoms with Crippen molar-refractivity contribution in [1.29, 1.82) is 0 Å². The zero-order chi connectivity index (χ0) is 18.8. The highest BCUT2D eigenvalue weighted by Gasteiger charge is 2.26. The van der Waals surface area contributed by atoms with Gasteiger partial charge in [-0.05, 0) is 37.3 Å². The molecule has 0 aliphatic heterocycles. The van der Waals surface area contributed by atoms with Gasteiger partial charge in [0.1, 0.15) is 5.01 Å². The number of likely N-dealkylation sites (N-methyl/N-ethyl adjacent to an activating group) is 1. The molecule has 1 aliphatic carbocycles. The van der Waals surface area contributed by atoms with Gasteiger partial charge in [0, 0.05) is 18.0 Å². The molecule has 4 rings (SSSR count). The van der Waals surface area contributed by atoms with Crippen molar-refractivity contribution in [3.63, 3.8) is 0 Å². The minimum atomic E-state index is 0.137. The van der Waals surface area contributed by atoms with Gasteiger partial charge in [-0.25, -0.2) is 4.98 Å². The lowest BCUT2D eigenvalue weighted by Gasteiger charge is -2.33. The van der Waals surface area contributed by atoms with Gasteiger partial charge in [0.2, 0.25) is 5.91 Å². The van der Waals surface area contributed by atoms with Gasteiger partial charge in [-0.15, -0.1) is 11.3 Å². The van der Waals surface area contributed by atoms with Crippen LogP contribution in [0.25, 0.3) is 10.6 Å². The molecule has 27 heavy (non-hydrogen) atoms. The van der Waals surface area contributed by atoms with Gasteiger partial charge in [-0.3, -0.25) is 4.79 Å². The molecule has 0 saturated heterocycles. The van der Waals surface area contributed by atoms with Crippen molar-refractivity contribution in [3.05, 3.63) is 76.3 Å². The molecule has 0 bridgehead atoms. The Morgan fingerprint density at radius 2 is 1.96 bits per heavy atom. The summed E-state index contributed by atoms with van der Waals surface area (Å²) >= 11 is 1.60. The number of amides is 1. The summed E-state index contributed by atoms with van der Waals surface area (Å²) in [4.78, 5) is 19.5. The second kappa shape index (κ2) is 7.65. The number of nitrogens with zero attached hydrogens (tertiary/aromatic N) is 2. The van der Waals surface area contributed by atoms with E-state index in [0.717, 1.165) is 35.5 Å². The number of aryl methyl sites for hydroxylation is 2. The van der Waals surface area contributed by atoms with Gasteiger partial charge in [0.15, 0.2) is 0 Å². The average Bonchev–Trinajstić information content (AvgIpc) is 3.16. The van der Waals surface area contributed by atoms with Gasteiger partial charge in [0.25, 0.3) is 0 Å². The Morgan fingerprint density at radius 3 is 2.78 bits per heavy atom. The number of fused-ring (bicyclic) bond motifs is 1. The van der Waals surface area contributed by atoms with Gasteiger partial charge in [-0.1, -0.05) is 54.1 Å². The van der Waals surface area contributed by atoms with Crippen LogP contribution in [0.4, 0.5) is 0 Å². The molecule has 1 amide bonds. The Kier molecular flexibility index (Phi) is 5.08. The van der Waals surface area contributed by atoms with Crippen LogP contribution in [-0.2, 0) is 17.6 Å². The highest BCUT2D eigenvalue weighted by atomic mass is 32.1. The van der Waals surface area contributed by atoms with Crippen molar-refractivity contribution < 1.29 is 4.79 Å². The molecule has 1 aromatic heterocycles. The van der Waals surface area contributed by atoms with Gasteiger partial charge < -0.3 is 4.90 Å². The molecule has 4 heteroatoms. The molecule has 138 valence electrons. The Balaban J connectivity index is 1.47. The van der Waals surface area contributed by atoms with Crippen molar-refractivity contribution in [2.45, 2.75) is 38.6 Å². The van der Waals surface area contributed by atoms with Crippen molar-refractivity contribution in [1.82, 2.24) is 9.88 Å². The monoisotopic (exact) mass is 376 g/mol. The maximum Gasteiger partial charge on any atom is 0.228 e. The van der Waals surface area contributed by atoms with Crippen molar-refractivity contribution in [2.24, 2.45) is 0 Å². The summed E-state index contributed by atoms with van der Waals surface area (Å²) in [6.07, 6.45) is 3.64. The molecule has 0 spiro atoms. The van der Waals surface area contributed by atoms with Crippen LogP contribution in [0.3, 0.4) is 0 Å². The molecule has 0 radical (unpaired) electrons. The van der Waals surface area contributed by atoms with E-state index in [1.807, 2.05) is 17.3 Å². The number of benzene rings is 2. The minimum Gasteiger partial charge on any atom is -0.338 e. The lowest BCUT2D eigenvalue weighted by molar-refractivity contribution is -0.131. The van der Waals surface area contributed by atoms with E-state index in [1.54, 1.807) is 11.3 Å². The first-order valence-corrected chi connectivity index (χ1v) is 10.3. The Hall–Kier alpha value is -2.46. The molecular weight excluding hydrogens is 352 g/mol. The number of aromatic nitrogens is 1. The van der Waals surface area contributed by atoms with E-state index in [1.165, 1.54) is 16.7 Å². The molecule has 3 aromatic rings. The summed E-state index contributed by atoms with van der Waals surface area (Å²) in [5, 5.41) is 2.99. The fourth-order valence-corrected chi connectivity index (χ4v) is 4.63. The number of carbonyl (C=O) groups excluding carboxylic acids is 1. The van der Waals surface area contributed by atoms with Crippen molar-refractivity contribution in [2.75, 3.05) is 7.05 Å². The predicted octanol–water partition coefficient (Wildman–Crippen LogP) is 5.20. The molecule has 1 heterocycles. The summed E-state index contributed by atoms with van der Waals surface area (Å²) < 4.78 is 0. The van der Waals surface area contributed by atoms with Crippen LogP contribution in [-0.4, -0.2) is 22.8 Å². The first-order valence-electron chi connectivity index (χ1n) is 9.47.